The molecule has 0 amide bonds. The molecule has 98 valence electrons. The molecule has 1 N–H and O–H groups in total. The molecule has 0 saturated heterocycles. The molecular formula is C17H18BrN. The van der Waals surface area contributed by atoms with Gasteiger partial charge in [-0.15, -0.1) is 0 Å². The Labute approximate surface area is 123 Å². The highest BCUT2D eigenvalue weighted by molar-refractivity contribution is 9.10. The van der Waals surface area contributed by atoms with Crippen LogP contribution in [0.1, 0.15) is 23.6 Å². The Kier molecular flexibility index (Phi) is 3.61. The molecule has 3 rings (SSSR count). The van der Waals surface area contributed by atoms with Crippen molar-refractivity contribution >= 4 is 21.6 Å². The molecule has 2 aromatic carbocycles. The Bertz CT molecular complexity index is 567. The lowest BCUT2D eigenvalue weighted by Crippen LogP contribution is -2.20. The van der Waals surface area contributed by atoms with Crippen LogP contribution in [0.3, 0.4) is 0 Å². The number of halogens is 1. The molecule has 0 fully saturated rings. The molecular weight excluding hydrogens is 298 g/mol. The zero-order valence-corrected chi connectivity index (χ0v) is 12.7. The molecule has 0 atom stereocenters. The van der Waals surface area contributed by atoms with Crippen molar-refractivity contribution in [1.82, 2.24) is 0 Å². The van der Waals surface area contributed by atoms with E-state index in [1.807, 2.05) is 0 Å². The quantitative estimate of drug-likeness (QED) is 0.873. The van der Waals surface area contributed by atoms with E-state index in [-0.39, 0.29) is 0 Å². The van der Waals surface area contributed by atoms with Crippen LogP contribution in [0.5, 0.6) is 0 Å². The zero-order valence-electron chi connectivity index (χ0n) is 11.1. The SMILES string of the molecule is CCc1cc(Br)ccc1NC1Cc2ccccc2C1. The number of anilines is 1. The number of hydrogen-bond acceptors (Lipinski definition) is 1. The van der Waals surface area contributed by atoms with Gasteiger partial charge in [-0.05, 0) is 54.2 Å². The van der Waals surface area contributed by atoms with Crippen molar-refractivity contribution in [3.8, 4) is 0 Å². The van der Waals surface area contributed by atoms with Crippen molar-refractivity contribution in [2.24, 2.45) is 0 Å². The van der Waals surface area contributed by atoms with Crippen molar-refractivity contribution < 1.29 is 0 Å². The first-order chi connectivity index (χ1) is 9.26. The summed E-state index contributed by atoms with van der Waals surface area (Å²) in [6.07, 6.45) is 3.33. The summed E-state index contributed by atoms with van der Waals surface area (Å²) < 4.78 is 1.16. The third-order valence-corrected chi connectivity index (χ3v) is 4.35. The van der Waals surface area contributed by atoms with Gasteiger partial charge >= 0.3 is 0 Å². The molecule has 0 saturated carbocycles. The van der Waals surface area contributed by atoms with Crippen molar-refractivity contribution in [3.63, 3.8) is 0 Å². The second kappa shape index (κ2) is 5.38. The predicted molar refractivity (Wildman–Crippen MR) is 84.8 cm³/mol. The van der Waals surface area contributed by atoms with Gasteiger partial charge in [0.1, 0.15) is 0 Å². The van der Waals surface area contributed by atoms with E-state index < -0.39 is 0 Å². The summed E-state index contributed by atoms with van der Waals surface area (Å²) in [4.78, 5) is 0. The first kappa shape index (κ1) is 12.7. The minimum atomic E-state index is 0.531. The fraction of sp³-hybridized carbons (Fsp3) is 0.294. The van der Waals surface area contributed by atoms with Gasteiger partial charge in [0.25, 0.3) is 0 Å². The normalized spacial score (nSPS) is 14.4. The third kappa shape index (κ3) is 2.69. The lowest BCUT2D eigenvalue weighted by molar-refractivity contribution is 0.772. The molecule has 0 heterocycles. The van der Waals surface area contributed by atoms with E-state index in [1.165, 1.54) is 22.4 Å². The minimum absolute atomic E-state index is 0.531. The zero-order chi connectivity index (χ0) is 13.2. The molecule has 2 heteroatoms. The van der Waals surface area contributed by atoms with Crippen molar-refractivity contribution in [3.05, 3.63) is 63.6 Å². The number of benzene rings is 2. The Balaban J connectivity index is 1.77. The molecule has 1 aliphatic rings. The smallest absolute Gasteiger partial charge is 0.0375 e. The molecule has 0 bridgehead atoms. The Hall–Kier alpha value is -1.28. The lowest BCUT2D eigenvalue weighted by Gasteiger charge is -2.17. The highest BCUT2D eigenvalue weighted by atomic mass is 79.9. The maximum atomic E-state index is 3.71. The van der Waals surface area contributed by atoms with Gasteiger partial charge in [0.05, 0.1) is 0 Å². The second-order valence-corrected chi connectivity index (χ2v) is 6.09. The number of hydrogen-bond donors (Lipinski definition) is 1. The highest BCUT2D eigenvalue weighted by Crippen LogP contribution is 2.27. The number of rotatable bonds is 3. The van der Waals surface area contributed by atoms with Gasteiger partial charge in [-0.25, -0.2) is 0 Å². The van der Waals surface area contributed by atoms with Crippen LogP contribution in [-0.2, 0) is 19.3 Å². The van der Waals surface area contributed by atoms with E-state index in [0.29, 0.717) is 6.04 Å². The van der Waals surface area contributed by atoms with Crippen LogP contribution in [-0.4, -0.2) is 6.04 Å². The standard InChI is InChI=1S/C17H18BrN/c1-2-12-9-15(18)7-8-17(12)19-16-10-13-5-3-4-6-14(13)11-16/h3-9,16,19H,2,10-11H2,1H3. The van der Waals surface area contributed by atoms with Crippen molar-refractivity contribution in [1.29, 1.82) is 0 Å². The van der Waals surface area contributed by atoms with E-state index in [9.17, 15) is 0 Å². The van der Waals surface area contributed by atoms with Gasteiger partial charge in [-0.1, -0.05) is 47.1 Å². The number of aryl methyl sites for hydroxylation is 1. The van der Waals surface area contributed by atoms with Crippen LogP contribution in [0.2, 0.25) is 0 Å². The van der Waals surface area contributed by atoms with E-state index in [2.05, 4.69) is 70.6 Å². The summed E-state index contributed by atoms with van der Waals surface area (Å²) in [6.45, 7) is 2.20. The largest absolute Gasteiger partial charge is 0.381 e. The monoisotopic (exact) mass is 315 g/mol. The average molecular weight is 316 g/mol. The number of fused-ring (bicyclic) bond motifs is 1. The molecule has 1 aliphatic carbocycles. The molecule has 0 spiro atoms. The van der Waals surface area contributed by atoms with E-state index >= 15 is 0 Å². The van der Waals surface area contributed by atoms with E-state index in [0.717, 1.165) is 23.7 Å². The molecule has 2 aromatic rings. The molecule has 19 heavy (non-hydrogen) atoms. The topological polar surface area (TPSA) is 12.0 Å². The van der Waals surface area contributed by atoms with Gasteiger partial charge in [0, 0.05) is 16.2 Å². The Morgan fingerprint density at radius 2 is 1.79 bits per heavy atom. The van der Waals surface area contributed by atoms with Gasteiger partial charge in [-0.3, -0.25) is 0 Å². The van der Waals surface area contributed by atoms with Crippen LogP contribution < -0.4 is 5.32 Å². The van der Waals surface area contributed by atoms with Gasteiger partial charge in [-0.2, -0.15) is 0 Å². The number of nitrogens with one attached hydrogen (secondary N) is 1. The fourth-order valence-electron chi connectivity index (χ4n) is 2.88. The summed E-state index contributed by atoms with van der Waals surface area (Å²) in [5, 5.41) is 3.71. The minimum Gasteiger partial charge on any atom is -0.381 e. The predicted octanol–water partition coefficient (Wildman–Crippen LogP) is 4.59. The second-order valence-electron chi connectivity index (χ2n) is 5.17. The summed E-state index contributed by atoms with van der Waals surface area (Å²) in [5.41, 5.74) is 5.65. The van der Waals surface area contributed by atoms with Crippen molar-refractivity contribution in [2.45, 2.75) is 32.2 Å². The maximum absolute atomic E-state index is 3.71. The van der Waals surface area contributed by atoms with Crippen LogP contribution in [0.25, 0.3) is 0 Å². The Morgan fingerprint density at radius 1 is 1.11 bits per heavy atom. The van der Waals surface area contributed by atoms with Crippen LogP contribution in [0, 0.1) is 0 Å². The maximum Gasteiger partial charge on any atom is 0.0375 e. The van der Waals surface area contributed by atoms with Crippen LogP contribution in [0.4, 0.5) is 5.69 Å². The summed E-state index contributed by atoms with van der Waals surface area (Å²) in [7, 11) is 0. The lowest BCUT2D eigenvalue weighted by atomic mass is 10.1. The summed E-state index contributed by atoms with van der Waals surface area (Å²) in [5.74, 6) is 0. The van der Waals surface area contributed by atoms with E-state index in [4.69, 9.17) is 0 Å². The molecule has 0 aromatic heterocycles. The van der Waals surface area contributed by atoms with Crippen LogP contribution in [0.15, 0.2) is 46.9 Å². The van der Waals surface area contributed by atoms with Crippen molar-refractivity contribution in [2.75, 3.05) is 5.32 Å². The van der Waals surface area contributed by atoms with Gasteiger partial charge in [0.2, 0.25) is 0 Å². The summed E-state index contributed by atoms with van der Waals surface area (Å²) in [6, 6.07) is 15.8. The van der Waals surface area contributed by atoms with E-state index in [1.54, 1.807) is 0 Å². The van der Waals surface area contributed by atoms with Gasteiger partial charge in [0.15, 0.2) is 0 Å². The molecule has 0 radical (unpaired) electrons. The average Bonchev–Trinajstić information content (AvgIpc) is 2.83. The summed E-state index contributed by atoms with van der Waals surface area (Å²) >= 11 is 3.55. The molecule has 1 nitrogen and oxygen atoms in total. The van der Waals surface area contributed by atoms with Crippen LogP contribution >= 0.6 is 15.9 Å². The Morgan fingerprint density at radius 3 is 2.42 bits per heavy atom. The highest BCUT2D eigenvalue weighted by Gasteiger charge is 2.21. The fourth-order valence-corrected chi connectivity index (χ4v) is 3.28. The molecule has 0 unspecified atom stereocenters. The first-order valence-electron chi connectivity index (χ1n) is 6.88. The third-order valence-electron chi connectivity index (χ3n) is 3.86. The first-order valence-corrected chi connectivity index (χ1v) is 7.67. The van der Waals surface area contributed by atoms with Gasteiger partial charge < -0.3 is 5.32 Å². The molecule has 0 aliphatic heterocycles.